The van der Waals surface area contributed by atoms with Crippen LogP contribution in [0.25, 0.3) is 0 Å². The van der Waals surface area contributed by atoms with Gasteiger partial charge in [0.05, 0.1) is 13.5 Å². The van der Waals surface area contributed by atoms with E-state index in [1.807, 2.05) is 19.1 Å². The largest absolute Gasteiger partial charge is 0.508 e. The minimum Gasteiger partial charge on any atom is -0.508 e. The van der Waals surface area contributed by atoms with E-state index in [9.17, 15) is 24.6 Å². The number of rotatable bonds is 11. The van der Waals surface area contributed by atoms with Gasteiger partial charge in [-0.05, 0) is 70.7 Å². The van der Waals surface area contributed by atoms with Crippen molar-refractivity contribution in [3.8, 4) is 11.5 Å². The van der Waals surface area contributed by atoms with Gasteiger partial charge < -0.3 is 19.7 Å². The molecule has 1 aromatic rings. The Bertz CT molecular complexity index is 963. The molecule has 0 fully saturated rings. The highest BCUT2D eigenvalue weighted by Crippen LogP contribution is 2.29. The first-order chi connectivity index (χ1) is 15.4. The van der Waals surface area contributed by atoms with Crippen molar-refractivity contribution in [2.75, 3.05) is 7.11 Å². The molecule has 0 amide bonds. The van der Waals surface area contributed by atoms with Gasteiger partial charge >= 0.3 is 11.9 Å². The van der Waals surface area contributed by atoms with Crippen LogP contribution in [-0.4, -0.2) is 41.1 Å². The lowest BCUT2D eigenvalue weighted by Gasteiger charge is -2.15. The summed E-state index contributed by atoms with van der Waals surface area (Å²) in [5, 5.41) is 20.4. The first-order valence-corrected chi connectivity index (χ1v) is 10.7. The lowest BCUT2D eigenvalue weighted by molar-refractivity contribution is -0.149. The monoisotopic (exact) mass is 458 g/mol. The first kappa shape index (κ1) is 27.7. The minimum absolute atomic E-state index is 0.00602. The Morgan fingerprint density at radius 3 is 2.15 bits per heavy atom. The van der Waals surface area contributed by atoms with Crippen molar-refractivity contribution in [2.45, 2.75) is 66.4 Å². The molecule has 0 saturated heterocycles. The molecule has 0 unspecified atom stereocenters. The Balaban J connectivity index is 2.81. The zero-order valence-electron chi connectivity index (χ0n) is 20.2. The molecule has 7 nitrogen and oxygen atoms in total. The highest BCUT2D eigenvalue weighted by molar-refractivity contribution is 5.97. The maximum absolute atomic E-state index is 12.4. The molecular weight excluding hydrogens is 424 g/mol. The predicted molar refractivity (Wildman–Crippen MR) is 126 cm³/mol. The number of carbonyl (C=O) groups excluding carboxylic acids is 3. The second-order valence-electron chi connectivity index (χ2n) is 8.22. The molecule has 1 rings (SSSR count). The summed E-state index contributed by atoms with van der Waals surface area (Å²) in [6.07, 6.45) is 5.99. The van der Waals surface area contributed by atoms with Crippen molar-refractivity contribution < 1.29 is 34.1 Å². The number of allylic oxidation sites excluding steroid dienone is 4. The van der Waals surface area contributed by atoms with Crippen LogP contribution in [-0.2, 0) is 36.7 Å². The number of methoxy groups -OCH3 is 1. The fraction of sp³-hybridized carbons (Fsp3) is 0.423. The van der Waals surface area contributed by atoms with Crippen molar-refractivity contribution in [2.24, 2.45) is 0 Å². The molecule has 7 heteroatoms. The van der Waals surface area contributed by atoms with E-state index in [2.05, 4.69) is 4.74 Å². The summed E-state index contributed by atoms with van der Waals surface area (Å²) in [5.74, 6) is -1.36. The van der Waals surface area contributed by atoms with E-state index >= 15 is 0 Å². The predicted octanol–water partition coefficient (Wildman–Crippen LogP) is 4.50. The van der Waals surface area contributed by atoms with Crippen LogP contribution in [0.2, 0.25) is 0 Å². The van der Waals surface area contributed by atoms with E-state index in [0.29, 0.717) is 36.0 Å². The molecular formula is C26H34O7. The first-order valence-electron chi connectivity index (χ1n) is 10.7. The molecule has 2 N–H and O–H groups in total. The molecule has 1 aromatic carbocycles. The lowest BCUT2D eigenvalue weighted by Crippen LogP contribution is -2.26. The van der Waals surface area contributed by atoms with Gasteiger partial charge in [-0.1, -0.05) is 23.3 Å². The van der Waals surface area contributed by atoms with Gasteiger partial charge in [0.25, 0.3) is 0 Å². The molecule has 0 saturated carbocycles. The number of benzene rings is 1. The topological polar surface area (TPSA) is 110 Å². The van der Waals surface area contributed by atoms with Gasteiger partial charge in [0, 0.05) is 18.1 Å². The molecule has 0 bridgehead atoms. The number of hydrogen-bond acceptors (Lipinski definition) is 7. The molecule has 0 aliphatic carbocycles. The summed E-state index contributed by atoms with van der Waals surface area (Å²) >= 11 is 0. The zero-order valence-corrected chi connectivity index (χ0v) is 20.2. The van der Waals surface area contributed by atoms with E-state index in [4.69, 9.17) is 4.74 Å². The van der Waals surface area contributed by atoms with Gasteiger partial charge in [0.2, 0.25) is 0 Å². The van der Waals surface area contributed by atoms with Gasteiger partial charge in [-0.15, -0.1) is 0 Å². The van der Waals surface area contributed by atoms with E-state index in [-0.39, 0.29) is 23.7 Å². The summed E-state index contributed by atoms with van der Waals surface area (Å²) in [4.78, 5) is 35.2. The van der Waals surface area contributed by atoms with Crippen molar-refractivity contribution in [1.82, 2.24) is 0 Å². The highest BCUT2D eigenvalue weighted by atomic mass is 16.5. The van der Waals surface area contributed by atoms with Crippen LogP contribution in [0, 0.1) is 0 Å². The fourth-order valence-electron chi connectivity index (χ4n) is 3.12. The molecule has 0 aromatic heterocycles. The van der Waals surface area contributed by atoms with Crippen LogP contribution in [0.1, 0.15) is 58.6 Å². The van der Waals surface area contributed by atoms with Crippen LogP contribution in [0.5, 0.6) is 11.5 Å². The quantitative estimate of drug-likeness (QED) is 0.217. The summed E-state index contributed by atoms with van der Waals surface area (Å²) in [6, 6.07) is 2.81. The fourth-order valence-corrected chi connectivity index (χ4v) is 3.12. The van der Waals surface area contributed by atoms with Crippen molar-refractivity contribution in [1.29, 1.82) is 0 Å². The number of aromatic hydroxyl groups is 2. The van der Waals surface area contributed by atoms with Crippen LogP contribution >= 0.6 is 0 Å². The molecule has 0 radical (unpaired) electrons. The SMILES string of the molecule is COC(=O)Cc1cc(O)c(CC=C(C)CCC=C(C)[C@H](OC(C)=O)C(=O)C=C(C)C)cc1O. The van der Waals surface area contributed by atoms with Crippen molar-refractivity contribution >= 4 is 17.7 Å². The van der Waals surface area contributed by atoms with Gasteiger partial charge in [-0.2, -0.15) is 0 Å². The Labute approximate surface area is 195 Å². The van der Waals surface area contributed by atoms with Crippen molar-refractivity contribution in [3.63, 3.8) is 0 Å². The second kappa shape index (κ2) is 13.3. The van der Waals surface area contributed by atoms with Crippen LogP contribution in [0.15, 0.2) is 47.1 Å². The number of ether oxygens (including phenoxy) is 2. The third kappa shape index (κ3) is 9.76. The van der Waals surface area contributed by atoms with E-state index < -0.39 is 18.0 Å². The summed E-state index contributed by atoms with van der Waals surface area (Å²) < 4.78 is 9.79. The molecule has 0 aliphatic heterocycles. The Morgan fingerprint density at radius 2 is 1.58 bits per heavy atom. The van der Waals surface area contributed by atoms with E-state index in [1.165, 1.54) is 32.2 Å². The van der Waals surface area contributed by atoms with Crippen LogP contribution in [0.3, 0.4) is 0 Å². The average molecular weight is 459 g/mol. The molecule has 0 spiro atoms. The maximum Gasteiger partial charge on any atom is 0.310 e. The maximum atomic E-state index is 12.4. The minimum atomic E-state index is -0.926. The summed E-state index contributed by atoms with van der Waals surface area (Å²) in [6.45, 7) is 8.60. The van der Waals surface area contributed by atoms with Crippen molar-refractivity contribution in [3.05, 3.63) is 58.2 Å². The van der Waals surface area contributed by atoms with Gasteiger partial charge in [-0.3, -0.25) is 14.4 Å². The van der Waals surface area contributed by atoms with E-state index in [0.717, 1.165) is 11.1 Å². The van der Waals surface area contributed by atoms with Crippen LogP contribution < -0.4 is 0 Å². The normalized spacial score (nSPS) is 12.7. The third-order valence-electron chi connectivity index (χ3n) is 4.90. The second-order valence-corrected chi connectivity index (χ2v) is 8.22. The van der Waals surface area contributed by atoms with Gasteiger partial charge in [0.1, 0.15) is 11.5 Å². The average Bonchev–Trinajstić information content (AvgIpc) is 2.72. The molecule has 0 aliphatic rings. The van der Waals surface area contributed by atoms with Gasteiger partial charge in [-0.25, -0.2) is 0 Å². The number of hydrogen-bond donors (Lipinski definition) is 2. The Kier molecular flexibility index (Phi) is 11.1. The number of esters is 2. The standard InChI is InChI=1S/C26H34O7/c1-16(2)12-24(30)26(33-19(5)27)18(4)9-7-8-17(3)10-11-20-13-23(29)21(14-22(20)28)15-25(31)32-6/h9-10,12-14,26,28-29H,7-8,11,15H2,1-6H3/t26-/m0/s1. The number of ketones is 1. The van der Waals surface area contributed by atoms with Crippen LogP contribution in [0.4, 0.5) is 0 Å². The summed E-state index contributed by atoms with van der Waals surface area (Å²) in [5.41, 5.74) is 3.39. The lowest BCUT2D eigenvalue weighted by atomic mass is 10.0. The summed E-state index contributed by atoms with van der Waals surface area (Å²) in [7, 11) is 1.26. The number of phenols is 2. The molecule has 33 heavy (non-hydrogen) atoms. The molecule has 180 valence electrons. The smallest absolute Gasteiger partial charge is 0.310 e. The highest BCUT2D eigenvalue weighted by Gasteiger charge is 2.21. The number of phenolic OH excluding ortho intramolecular Hbond substituents is 2. The van der Waals surface area contributed by atoms with E-state index in [1.54, 1.807) is 20.8 Å². The zero-order chi connectivity index (χ0) is 25.1. The molecule has 1 atom stereocenters. The molecule has 0 heterocycles. The Morgan fingerprint density at radius 1 is 0.970 bits per heavy atom. The van der Waals surface area contributed by atoms with Gasteiger partial charge in [0.15, 0.2) is 11.9 Å². The Hall–Kier alpha value is -3.35. The third-order valence-corrected chi connectivity index (χ3v) is 4.90. The number of carbonyl (C=O) groups is 3.